The van der Waals surface area contributed by atoms with Gasteiger partial charge in [-0.05, 0) is 19.1 Å². The van der Waals surface area contributed by atoms with Gasteiger partial charge in [-0.15, -0.1) is 0 Å². The number of carboxylic acid groups (broad SMARTS) is 1. The molecule has 1 aromatic heterocycles. The second-order valence-electron chi connectivity index (χ2n) is 5.01. The van der Waals surface area contributed by atoms with E-state index >= 15 is 0 Å². The molecule has 0 radical (unpaired) electrons. The van der Waals surface area contributed by atoms with E-state index < -0.39 is 5.97 Å². The molecule has 1 saturated carbocycles. The van der Waals surface area contributed by atoms with E-state index in [4.69, 9.17) is 5.11 Å². The first-order valence-electron chi connectivity index (χ1n) is 6.60. The number of thioether (sulfide) groups is 1. The van der Waals surface area contributed by atoms with E-state index in [0.29, 0.717) is 6.54 Å². The molecule has 1 amide bonds. The Kier molecular flexibility index (Phi) is 4.69. The highest BCUT2D eigenvalue weighted by Crippen LogP contribution is 2.37. The minimum Gasteiger partial charge on any atom is -0.475 e. The van der Waals surface area contributed by atoms with Crippen molar-refractivity contribution in [3.8, 4) is 0 Å². The topological polar surface area (TPSA) is 92.4 Å². The van der Waals surface area contributed by atoms with Crippen LogP contribution < -0.4 is 5.32 Å². The second kappa shape index (κ2) is 6.30. The van der Waals surface area contributed by atoms with Crippen LogP contribution >= 0.6 is 11.8 Å². The summed E-state index contributed by atoms with van der Waals surface area (Å²) in [6.07, 6.45) is 7.87. The molecule has 0 atom stereocenters. The summed E-state index contributed by atoms with van der Waals surface area (Å²) in [6.45, 7) is 0.572. The SMILES string of the molecule is CSC1(CNC(=O)c2cc(C(=O)O)on2)CCCCC1. The molecule has 0 aliphatic heterocycles. The molecule has 1 heterocycles. The van der Waals surface area contributed by atoms with Crippen LogP contribution in [-0.2, 0) is 0 Å². The first-order valence-corrected chi connectivity index (χ1v) is 7.82. The quantitative estimate of drug-likeness (QED) is 0.865. The number of rotatable bonds is 5. The summed E-state index contributed by atoms with van der Waals surface area (Å²) in [5, 5.41) is 15.0. The molecule has 0 aromatic carbocycles. The summed E-state index contributed by atoms with van der Waals surface area (Å²) in [6, 6.07) is 1.14. The van der Waals surface area contributed by atoms with Gasteiger partial charge in [0.25, 0.3) is 5.91 Å². The summed E-state index contributed by atoms with van der Waals surface area (Å²) < 4.78 is 4.67. The molecule has 0 unspecified atom stereocenters. The van der Waals surface area contributed by atoms with Crippen LogP contribution in [0.15, 0.2) is 10.6 Å². The molecule has 0 spiro atoms. The predicted octanol–water partition coefficient (Wildman–Crippen LogP) is 2.17. The molecular weight excluding hydrogens is 280 g/mol. The van der Waals surface area contributed by atoms with E-state index in [0.717, 1.165) is 18.9 Å². The molecule has 1 aliphatic rings. The molecule has 0 bridgehead atoms. The minimum atomic E-state index is -1.23. The Morgan fingerprint density at radius 2 is 2.15 bits per heavy atom. The van der Waals surface area contributed by atoms with Crippen molar-refractivity contribution < 1.29 is 19.2 Å². The Labute approximate surface area is 121 Å². The Hall–Kier alpha value is -1.50. The van der Waals surface area contributed by atoms with E-state index in [2.05, 4.69) is 21.3 Å². The molecule has 1 aromatic rings. The molecule has 6 nitrogen and oxygen atoms in total. The van der Waals surface area contributed by atoms with Crippen LogP contribution in [0.5, 0.6) is 0 Å². The molecule has 7 heteroatoms. The number of hydrogen-bond acceptors (Lipinski definition) is 5. The number of carboxylic acids is 1. The number of carbonyl (C=O) groups is 2. The molecule has 2 N–H and O–H groups in total. The zero-order valence-corrected chi connectivity index (χ0v) is 12.2. The zero-order chi connectivity index (χ0) is 14.6. The molecule has 1 aliphatic carbocycles. The molecule has 1 fully saturated rings. The van der Waals surface area contributed by atoms with E-state index in [1.54, 1.807) is 11.8 Å². The number of nitrogens with zero attached hydrogens (tertiary/aromatic N) is 1. The van der Waals surface area contributed by atoms with Crippen molar-refractivity contribution in [1.29, 1.82) is 0 Å². The summed E-state index contributed by atoms with van der Waals surface area (Å²) >= 11 is 1.79. The number of amides is 1. The van der Waals surface area contributed by atoms with Crippen molar-refractivity contribution in [2.24, 2.45) is 0 Å². The van der Waals surface area contributed by atoms with Gasteiger partial charge in [-0.2, -0.15) is 11.8 Å². The zero-order valence-electron chi connectivity index (χ0n) is 11.3. The van der Waals surface area contributed by atoms with Crippen molar-refractivity contribution >= 4 is 23.6 Å². The van der Waals surface area contributed by atoms with Crippen LogP contribution in [0.4, 0.5) is 0 Å². The minimum absolute atomic E-state index is 0.00876. The summed E-state index contributed by atoms with van der Waals surface area (Å²) in [7, 11) is 0. The number of nitrogens with one attached hydrogen (secondary N) is 1. The summed E-state index contributed by atoms with van der Waals surface area (Å²) in [5.41, 5.74) is 0.00876. The van der Waals surface area contributed by atoms with Crippen LogP contribution in [0.1, 0.15) is 53.1 Å². The van der Waals surface area contributed by atoms with E-state index in [-0.39, 0.29) is 22.1 Å². The van der Waals surface area contributed by atoms with Gasteiger partial charge >= 0.3 is 5.97 Å². The number of carbonyl (C=O) groups excluding carboxylic acids is 1. The number of aromatic nitrogens is 1. The van der Waals surface area contributed by atoms with Crippen molar-refractivity contribution in [2.75, 3.05) is 12.8 Å². The summed E-state index contributed by atoms with van der Waals surface area (Å²) in [4.78, 5) is 22.6. The average Bonchev–Trinajstić information content (AvgIpc) is 2.96. The molecule has 2 rings (SSSR count). The van der Waals surface area contributed by atoms with Crippen LogP contribution in [0.2, 0.25) is 0 Å². The monoisotopic (exact) mass is 298 g/mol. The highest BCUT2D eigenvalue weighted by Gasteiger charge is 2.31. The van der Waals surface area contributed by atoms with Crippen LogP contribution in [-0.4, -0.2) is 39.7 Å². The standard InChI is InChI=1S/C13H18N2O4S/c1-20-13(5-3-2-4-6-13)8-14-11(16)9-7-10(12(17)18)19-15-9/h7H,2-6,8H2,1H3,(H,14,16)(H,17,18). The highest BCUT2D eigenvalue weighted by atomic mass is 32.2. The maximum Gasteiger partial charge on any atom is 0.374 e. The molecular formula is C13H18N2O4S. The van der Waals surface area contributed by atoms with E-state index in [9.17, 15) is 9.59 Å². The number of hydrogen-bond donors (Lipinski definition) is 2. The summed E-state index contributed by atoms with van der Waals surface area (Å²) in [5.74, 6) is -1.95. The largest absolute Gasteiger partial charge is 0.475 e. The van der Waals surface area contributed by atoms with E-state index in [1.807, 2.05) is 0 Å². The van der Waals surface area contributed by atoms with E-state index in [1.165, 1.54) is 19.3 Å². The fraction of sp³-hybridized carbons (Fsp3) is 0.615. The lowest BCUT2D eigenvalue weighted by molar-refractivity contribution is 0.0651. The van der Waals surface area contributed by atoms with Gasteiger partial charge in [0.15, 0.2) is 5.69 Å². The maximum atomic E-state index is 11.9. The number of aromatic carboxylic acids is 1. The lowest BCUT2D eigenvalue weighted by Crippen LogP contribution is -2.41. The first kappa shape index (κ1) is 14.9. The van der Waals surface area contributed by atoms with Crippen molar-refractivity contribution in [3.05, 3.63) is 17.5 Å². The van der Waals surface area contributed by atoms with Crippen LogP contribution in [0, 0.1) is 0 Å². The second-order valence-corrected chi connectivity index (χ2v) is 6.29. The maximum absolute atomic E-state index is 11.9. The van der Waals surface area contributed by atoms with Gasteiger partial charge in [-0.3, -0.25) is 4.79 Å². The Morgan fingerprint density at radius 3 is 2.70 bits per heavy atom. The molecule has 110 valence electrons. The Bertz CT molecular complexity index is 494. The van der Waals surface area contributed by atoms with Gasteiger partial charge < -0.3 is 14.9 Å². The van der Waals surface area contributed by atoms with Gasteiger partial charge in [0, 0.05) is 17.4 Å². The third-order valence-corrected chi connectivity index (χ3v) is 5.14. The highest BCUT2D eigenvalue weighted by molar-refractivity contribution is 8.00. The average molecular weight is 298 g/mol. The lowest BCUT2D eigenvalue weighted by Gasteiger charge is -2.35. The van der Waals surface area contributed by atoms with Gasteiger partial charge in [-0.25, -0.2) is 4.79 Å². The third kappa shape index (κ3) is 3.33. The molecule has 0 saturated heterocycles. The van der Waals surface area contributed by atoms with Gasteiger partial charge in [0.2, 0.25) is 5.76 Å². The smallest absolute Gasteiger partial charge is 0.374 e. The van der Waals surface area contributed by atoms with Crippen LogP contribution in [0.3, 0.4) is 0 Å². The van der Waals surface area contributed by atoms with Crippen molar-refractivity contribution in [2.45, 2.75) is 36.9 Å². The van der Waals surface area contributed by atoms with Crippen LogP contribution in [0.25, 0.3) is 0 Å². The normalized spacial score (nSPS) is 17.6. The fourth-order valence-electron chi connectivity index (χ4n) is 2.46. The Morgan fingerprint density at radius 1 is 1.45 bits per heavy atom. The molecule has 20 heavy (non-hydrogen) atoms. The Balaban J connectivity index is 1.95. The predicted molar refractivity (Wildman–Crippen MR) is 75.1 cm³/mol. The van der Waals surface area contributed by atoms with Gasteiger partial charge in [-0.1, -0.05) is 24.4 Å². The third-order valence-electron chi connectivity index (χ3n) is 3.72. The first-order chi connectivity index (χ1) is 9.56. The van der Waals surface area contributed by atoms with Gasteiger partial charge in [0.1, 0.15) is 0 Å². The lowest BCUT2D eigenvalue weighted by atomic mass is 9.88. The van der Waals surface area contributed by atoms with Crippen molar-refractivity contribution in [3.63, 3.8) is 0 Å². The fourth-order valence-corrected chi connectivity index (χ4v) is 3.38. The van der Waals surface area contributed by atoms with Crippen molar-refractivity contribution in [1.82, 2.24) is 10.5 Å². The van der Waals surface area contributed by atoms with Gasteiger partial charge in [0.05, 0.1) is 0 Å².